The monoisotopic (exact) mass is 339 g/mol. The number of halogens is 2. The van der Waals surface area contributed by atoms with Gasteiger partial charge in [0.15, 0.2) is 0 Å². The highest BCUT2D eigenvalue weighted by molar-refractivity contribution is 7.06. The van der Waals surface area contributed by atoms with Crippen LogP contribution in [-0.4, -0.2) is 41.9 Å². The molecule has 20 heavy (non-hydrogen) atoms. The third kappa shape index (κ3) is 4.48. The lowest BCUT2D eigenvalue weighted by atomic mass is 10.3. The summed E-state index contributed by atoms with van der Waals surface area (Å²) in [6, 6.07) is 0. The second-order valence-electron chi connectivity index (χ2n) is 4.44. The van der Waals surface area contributed by atoms with Gasteiger partial charge >= 0.3 is 0 Å². The molecule has 0 aromatic carbocycles. The molecule has 1 fully saturated rings. The van der Waals surface area contributed by atoms with E-state index in [0.717, 1.165) is 30.8 Å². The van der Waals surface area contributed by atoms with E-state index in [1.807, 2.05) is 4.90 Å². The highest BCUT2D eigenvalue weighted by Crippen LogP contribution is 2.30. The number of likely N-dealkylation sites (tertiary alicyclic amines) is 1. The average Bonchev–Trinajstić information content (AvgIpc) is 3.05. The largest absolute Gasteiger partial charge is 0.479 e. The van der Waals surface area contributed by atoms with Gasteiger partial charge in [-0.25, -0.2) is 0 Å². The molecule has 2 heterocycles. The minimum Gasteiger partial charge on any atom is -0.479 e. The Morgan fingerprint density at radius 3 is 2.80 bits per heavy atom. The molecule has 0 spiro atoms. The highest BCUT2D eigenvalue weighted by Gasteiger charge is 2.17. The van der Waals surface area contributed by atoms with E-state index in [9.17, 15) is 4.79 Å². The van der Waals surface area contributed by atoms with Gasteiger partial charge in [0.1, 0.15) is 5.02 Å². The Bertz CT molecular complexity index is 436. The van der Waals surface area contributed by atoms with Crippen LogP contribution in [0.3, 0.4) is 0 Å². The van der Waals surface area contributed by atoms with Gasteiger partial charge in [0, 0.05) is 32.6 Å². The van der Waals surface area contributed by atoms with Crippen LogP contribution in [0.15, 0.2) is 0 Å². The first kappa shape index (κ1) is 17.5. The van der Waals surface area contributed by atoms with E-state index in [1.165, 1.54) is 11.5 Å². The summed E-state index contributed by atoms with van der Waals surface area (Å²) in [4.78, 5) is 14.7. The number of ether oxygens (including phenoxy) is 1. The van der Waals surface area contributed by atoms with Crippen LogP contribution in [0.4, 0.5) is 0 Å². The van der Waals surface area contributed by atoms with Crippen LogP contribution >= 0.6 is 35.5 Å². The summed E-state index contributed by atoms with van der Waals surface area (Å²) >= 11 is 7.40. The molecule has 0 saturated carbocycles. The van der Waals surface area contributed by atoms with E-state index in [2.05, 4.69) is 9.69 Å². The second-order valence-corrected chi connectivity index (χ2v) is 5.68. The Balaban J connectivity index is 0.00000200. The van der Waals surface area contributed by atoms with Crippen molar-refractivity contribution < 1.29 is 9.53 Å². The molecule has 1 N–H and O–H groups in total. The van der Waals surface area contributed by atoms with Crippen molar-refractivity contribution in [1.82, 2.24) is 14.6 Å². The maximum absolute atomic E-state index is 11.8. The lowest BCUT2D eigenvalue weighted by molar-refractivity contribution is -0.130. The SMILES string of the molecule is COc1nsc(CNCCC(=O)N2CCCC2)c1Cl.Cl. The summed E-state index contributed by atoms with van der Waals surface area (Å²) in [7, 11) is 1.55. The van der Waals surface area contributed by atoms with Gasteiger partial charge in [-0.3, -0.25) is 4.79 Å². The topological polar surface area (TPSA) is 54.5 Å². The third-order valence-electron chi connectivity index (χ3n) is 3.12. The first-order chi connectivity index (χ1) is 9.22. The van der Waals surface area contributed by atoms with Gasteiger partial charge in [-0.2, -0.15) is 4.37 Å². The molecule has 0 atom stereocenters. The van der Waals surface area contributed by atoms with Crippen molar-refractivity contribution in [3.8, 4) is 5.88 Å². The normalized spacial score (nSPS) is 14.2. The van der Waals surface area contributed by atoms with Gasteiger partial charge in [0.25, 0.3) is 0 Å². The predicted molar refractivity (Wildman–Crippen MR) is 83.1 cm³/mol. The second kappa shape index (κ2) is 8.67. The van der Waals surface area contributed by atoms with E-state index in [-0.39, 0.29) is 18.3 Å². The number of hydrogen-bond acceptors (Lipinski definition) is 5. The fourth-order valence-electron chi connectivity index (χ4n) is 2.05. The zero-order valence-electron chi connectivity index (χ0n) is 11.4. The Labute approximate surface area is 134 Å². The van der Waals surface area contributed by atoms with Crippen LogP contribution in [0, 0.1) is 0 Å². The molecule has 1 amide bonds. The number of hydrogen-bond donors (Lipinski definition) is 1. The zero-order chi connectivity index (χ0) is 13.7. The minimum absolute atomic E-state index is 0. The predicted octanol–water partition coefficient (Wildman–Crippen LogP) is 2.33. The van der Waals surface area contributed by atoms with Crippen molar-refractivity contribution >= 4 is 41.4 Å². The molecule has 0 radical (unpaired) electrons. The summed E-state index contributed by atoms with van der Waals surface area (Å²) in [5.74, 6) is 0.703. The summed E-state index contributed by atoms with van der Waals surface area (Å²) < 4.78 is 9.10. The van der Waals surface area contributed by atoms with Crippen LogP contribution in [0.25, 0.3) is 0 Å². The first-order valence-corrected chi connectivity index (χ1v) is 7.54. The van der Waals surface area contributed by atoms with Crippen molar-refractivity contribution in [2.75, 3.05) is 26.7 Å². The Morgan fingerprint density at radius 2 is 2.20 bits per heavy atom. The van der Waals surface area contributed by atoms with E-state index in [4.69, 9.17) is 16.3 Å². The molecule has 1 aromatic rings. The Hall–Kier alpha value is -0.560. The maximum atomic E-state index is 11.8. The number of nitrogens with one attached hydrogen (secondary N) is 1. The molecule has 1 aliphatic heterocycles. The van der Waals surface area contributed by atoms with Crippen molar-refractivity contribution in [3.05, 3.63) is 9.90 Å². The lowest BCUT2D eigenvalue weighted by Gasteiger charge is -2.14. The van der Waals surface area contributed by atoms with E-state index < -0.39 is 0 Å². The molecule has 1 saturated heterocycles. The maximum Gasteiger partial charge on any atom is 0.244 e. The van der Waals surface area contributed by atoms with Crippen LogP contribution in [0.5, 0.6) is 5.88 Å². The number of carbonyl (C=O) groups excluding carboxylic acids is 1. The lowest BCUT2D eigenvalue weighted by Crippen LogP contribution is -2.30. The van der Waals surface area contributed by atoms with Crippen molar-refractivity contribution in [2.24, 2.45) is 0 Å². The van der Waals surface area contributed by atoms with Crippen LogP contribution < -0.4 is 10.1 Å². The number of carbonyl (C=O) groups is 1. The number of rotatable bonds is 6. The Kier molecular flexibility index (Phi) is 7.58. The number of methoxy groups -OCH3 is 1. The number of nitrogens with zero attached hydrogens (tertiary/aromatic N) is 2. The van der Waals surface area contributed by atoms with Gasteiger partial charge in [-0.05, 0) is 24.4 Å². The number of aromatic nitrogens is 1. The van der Waals surface area contributed by atoms with E-state index in [0.29, 0.717) is 30.4 Å². The number of amides is 1. The van der Waals surface area contributed by atoms with Crippen LogP contribution in [0.2, 0.25) is 5.02 Å². The quantitative estimate of drug-likeness (QED) is 0.808. The minimum atomic E-state index is 0. The molecular weight excluding hydrogens is 321 g/mol. The zero-order valence-corrected chi connectivity index (χ0v) is 13.7. The molecule has 8 heteroatoms. The third-order valence-corrected chi connectivity index (χ3v) is 4.45. The van der Waals surface area contributed by atoms with Gasteiger partial charge in [0.05, 0.1) is 12.0 Å². The van der Waals surface area contributed by atoms with Crippen LogP contribution in [0.1, 0.15) is 24.1 Å². The molecule has 1 aromatic heterocycles. The fourth-order valence-corrected chi connectivity index (χ4v) is 3.09. The molecule has 1 aliphatic rings. The molecule has 0 unspecified atom stereocenters. The van der Waals surface area contributed by atoms with Gasteiger partial charge in [-0.15, -0.1) is 12.4 Å². The summed E-state index contributed by atoms with van der Waals surface area (Å²) in [6.07, 6.45) is 2.80. The molecule has 2 rings (SSSR count). The van der Waals surface area contributed by atoms with E-state index in [1.54, 1.807) is 7.11 Å². The summed E-state index contributed by atoms with van der Waals surface area (Å²) in [5.41, 5.74) is 0. The van der Waals surface area contributed by atoms with Gasteiger partial charge in [0.2, 0.25) is 11.8 Å². The standard InChI is InChI=1S/C12H18ClN3O2S.ClH/c1-18-12-11(13)9(19-15-12)8-14-5-4-10(17)16-6-2-3-7-16;/h14H,2-8H2,1H3;1H. The molecule has 5 nitrogen and oxygen atoms in total. The molecule has 0 aliphatic carbocycles. The molecule has 114 valence electrons. The fraction of sp³-hybridized carbons (Fsp3) is 0.667. The van der Waals surface area contributed by atoms with E-state index >= 15 is 0 Å². The smallest absolute Gasteiger partial charge is 0.244 e. The van der Waals surface area contributed by atoms with Gasteiger partial charge in [-0.1, -0.05) is 11.6 Å². The molecule has 0 bridgehead atoms. The van der Waals surface area contributed by atoms with Gasteiger partial charge < -0.3 is 15.0 Å². The highest BCUT2D eigenvalue weighted by atomic mass is 35.5. The first-order valence-electron chi connectivity index (χ1n) is 6.39. The summed E-state index contributed by atoms with van der Waals surface area (Å²) in [6.45, 7) is 3.10. The van der Waals surface area contributed by atoms with Crippen molar-refractivity contribution in [1.29, 1.82) is 0 Å². The van der Waals surface area contributed by atoms with Crippen molar-refractivity contribution in [2.45, 2.75) is 25.8 Å². The Morgan fingerprint density at radius 1 is 1.50 bits per heavy atom. The average molecular weight is 340 g/mol. The van der Waals surface area contributed by atoms with Crippen molar-refractivity contribution in [3.63, 3.8) is 0 Å². The summed E-state index contributed by atoms with van der Waals surface area (Å²) in [5, 5.41) is 3.78. The molecular formula is C12H19Cl2N3O2S. The van der Waals surface area contributed by atoms with Crippen LogP contribution in [-0.2, 0) is 11.3 Å².